The molecule has 0 fully saturated rings. The average Bonchev–Trinajstić information content (AvgIpc) is 2.71. The zero-order valence-electron chi connectivity index (χ0n) is 10.3. The van der Waals surface area contributed by atoms with Crippen molar-refractivity contribution in [2.45, 2.75) is 32.7 Å². The van der Waals surface area contributed by atoms with E-state index in [0.29, 0.717) is 13.2 Å². The number of hydrogen-bond donors (Lipinski definition) is 1. The van der Waals surface area contributed by atoms with Gasteiger partial charge in [0.25, 0.3) is 0 Å². The van der Waals surface area contributed by atoms with Crippen LogP contribution in [0.4, 0.5) is 0 Å². The van der Waals surface area contributed by atoms with Crippen molar-refractivity contribution >= 4 is 11.9 Å². The van der Waals surface area contributed by atoms with E-state index in [9.17, 15) is 9.59 Å². The monoisotopic (exact) mass is 238 g/mol. The number of esters is 1. The predicted molar refractivity (Wildman–Crippen MR) is 62.1 cm³/mol. The zero-order valence-corrected chi connectivity index (χ0v) is 10.3. The lowest BCUT2D eigenvalue weighted by atomic mass is 10.0. The van der Waals surface area contributed by atoms with Crippen molar-refractivity contribution < 1.29 is 14.3 Å². The van der Waals surface area contributed by atoms with E-state index in [2.05, 4.69) is 5.32 Å². The topological polar surface area (TPSA) is 58.6 Å². The molecule has 0 saturated heterocycles. The Morgan fingerprint density at radius 2 is 2.29 bits per heavy atom. The summed E-state index contributed by atoms with van der Waals surface area (Å²) in [6.07, 6.45) is 1.58. The molecule has 94 valence electrons. The fourth-order valence-electron chi connectivity index (χ4n) is 2.34. The van der Waals surface area contributed by atoms with Gasteiger partial charge in [0.05, 0.1) is 13.2 Å². The molecule has 0 saturated carbocycles. The first kappa shape index (κ1) is 12.0. The van der Waals surface area contributed by atoms with Crippen molar-refractivity contribution in [3.8, 4) is 0 Å². The van der Waals surface area contributed by atoms with Crippen LogP contribution < -0.4 is 5.32 Å². The highest BCUT2D eigenvalue weighted by atomic mass is 16.5. The second-order valence-electron chi connectivity index (χ2n) is 4.43. The van der Waals surface area contributed by atoms with Gasteiger partial charge in [-0.25, -0.2) is 4.79 Å². The van der Waals surface area contributed by atoms with Gasteiger partial charge in [0.1, 0.15) is 6.04 Å². The minimum Gasteiger partial charge on any atom is -0.464 e. The van der Waals surface area contributed by atoms with Crippen LogP contribution in [0.5, 0.6) is 0 Å². The number of nitrogens with one attached hydrogen (secondary N) is 1. The molecule has 0 radical (unpaired) electrons. The Hall–Kier alpha value is -1.52. The molecule has 0 aromatic heterocycles. The van der Waals surface area contributed by atoms with Crippen molar-refractivity contribution in [3.63, 3.8) is 0 Å². The Morgan fingerprint density at radius 3 is 2.94 bits per heavy atom. The standard InChI is InChI=1S/C12H18N2O3/c1-3-17-12(16)10-6-9-4-5-14(8(2)15)7-11(9)13-10/h10,13H,3-7H2,1-2H3. The van der Waals surface area contributed by atoms with Crippen LogP contribution in [0.2, 0.25) is 0 Å². The van der Waals surface area contributed by atoms with Crippen molar-refractivity contribution in [2.75, 3.05) is 19.7 Å². The number of carbonyl (C=O) groups is 2. The molecule has 0 aromatic carbocycles. The molecule has 17 heavy (non-hydrogen) atoms. The van der Waals surface area contributed by atoms with Crippen molar-refractivity contribution in [2.24, 2.45) is 0 Å². The number of rotatable bonds is 2. The van der Waals surface area contributed by atoms with Crippen LogP contribution in [0, 0.1) is 0 Å². The third-order valence-corrected chi connectivity index (χ3v) is 3.27. The molecule has 5 nitrogen and oxygen atoms in total. The molecule has 2 rings (SSSR count). The maximum atomic E-state index is 11.6. The van der Waals surface area contributed by atoms with Gasteiger partial charge in [-0.1, -0.05) is 0 Å². The normalized spacial score (nSPS) is 23.2. The largest absolute Gasteiger partial charge is 0.464 e. The molecule has 2 aliphatic heterocycles. The van der Waals surface area contributed by atoms with E-state index >= 15 is 0 Å². The molecule has 2 aliphatic rings. The third kappa shape index (κ3) is 2.43. The summed E-state index contributed by atoms with van der Waals surface area (Å²) in [5, 5.41) is 3.17. The van der Waals surface area contributed by atoms with Gasteiger partial charge in [-0.3, -0.25) is 4.79 Å². The molecule has 1 amide bonds. The number of hydrogen-bond acceptors (Lipinski definition) is 4. The molecule has 0 spiro atoms. The molecule has 0 aliphatic carbocycles. The van der Waals surface area contributed by atoms with Crippen LogP contribution in [0.15, 0.2) is 11.3 Å². The quantitative estimate of drug-likeness (QED) is 0.708. The van der Waals surface area contributed by atoms with Gasteiger partial charge in [-0.2, -0.15) is 0 Å². The summed E-state index contributed by atoms with van der Waals surface area (Å²) in [4.78, 5) is 24.7. The number of nitrogens with zero attached hydrogens (tertiary/aromatic N) is 1. The van der Waals surface area contributed by atoms with Crippen LogP contribution in [0.25, 0.3) is 0 Å². The van der Waals surface area contributed by atoms with Crippen LogP contribution in [-0.2, 0) is 14.3 Å². The summed E-state index contributed by atoms with van der Waals surface area (Å²) < 4.78 is 5.00. The molecular formula is C12H18N2O3. The minimum absolute atomic E-state index is 0.0814. The highest BCUT2D eigenvalue weighted by Gasteiger charge is 2.33. The van der Waals surface area contributed by atoms with Crippen LogP contribution in [0.3, 0.4) is 0 Å². The lowest BCUT2D eigenvalue weighted by molar-refractivity contribution is -0.145. The second-order valence-corrected chi connectivity index (χ2v) is 4.43. The first-order valence-electron chi connectivity index (χ1n) is 6.01. The van der Waals surface area contributed by atoms with Gasteiger partial charge in [-0.05, 0) is 18.9 Å². The van der Waals surface area contributed by atoms with E-state index in [1.54, 1.807) is 18.7 Å². The minimum atomic E-state index is -0.258. The Kier molecular flexibility index (Phi) is 3.36. The van der Waals surface area contributed by atoms with E-state index in [4.69, 9.17) is 4.74 Å². The first-order chi connectivity index (χ1) is 8.11. The van der Waals surface area contributed by atoms with Gasteiger partial charge in [0, 0.05) is 25.6 Å². The van der Waals surface area contributed by atoms with Gasteiger partial charge in [-0.15, -0.1) is 0 Å². The van der Waals surface area contributed by atoms with Gasteiger partial charge in [0.15, 0.2) is 0 Å². The highest BCUT2D eigenvalue weighted by Crippen LogP contribution is 2.27. The zero-order chi connectivity index (χ0) is 12.4. The third-order valence-electron chi connectivity index (χ3n) is 3.27. The van der Waals surface area contributed by atoms with E-state index in [-0.39, 0.29) is 17.9 Å². The number of ether oxygens (including phenoxy) is 1. The fourth-order valence-corrected chi connectivity index (χ4v) is 2.34. The SMILES string of the molecule is CCOC(=O)C1CC2=C(CN(C(C)=O)CC2)N1. The smallest absolute Gasteiger partial charge is 0.328 e. The molecule has 0 aromatic rings. The Bertz CT molecular complexity index is 376. The maximum Gasteiger partial charge on any atom is 0.328 e. The Labute approximate surface area is 101 Å². The summed E-state index contributed by atoms with van der Waals surface area (Å²) >= 11 is 0. The molecule has 1 N–H and O–H groups in total. The lowest BCUT2D eigenvalue weighted by Gasteiger charge is -2.27. The first-order valence-corrected chi connectivity index (χ1v) is 6.01. The average molecular weight is 238 g/mol. The number of carbonyl (C=O) groups excluding carboxylic acids is 2. The molecule has 1 atom stereocenters. The Morgan fingerprint density at radius 1 is 1.53 bits per heavy atom. The van der Waals surface area contributed by atoms with Gasteiger partial charge in [0.2, 0.25) is 5.91 Å². The van der Waals surface area contributed by atoms with E-state index in [1.165, 1.54) is 5.57 Å². The summed E-state index contributed by atoms with van der Waals surface area (Å²) in [5.41, 5.74) is 2.30. The fraction of sp³-hybridized carbons (Fsp3) is 0.667. The summed E-state index contributed by atoms with van der Waals surface area (Å²) in [6.45, 7) is 5.13. The molecular weight excluding hydrogens is 220 g/mol. The molecule has 1 unspecified atom stereocenters. The highest BCUT2D eigenvalue weighted by molar-refractivity contribution is 5.78. The van der Waals surface area contributed by atoms with Crippen molar-refractivity contribution in [1.82, 2.24) is 10.2 Å². The van der Waals surface area contributed by atoms with Gasteiger partial charge < -0.3 is 15.0 Å². The summed E-state index contributed by atoms with van der Waals surface area (Å²) in [7, 11) is 0. The Balaban J connectivity index is 1.97. The van der Waals surface area contributed by atoms with Crippen molar-refractivity contribution in [3.05, 3.63) is 11.3 Å². The number of amides is 1. The van der Waals surface area contributed by atoms with E-state index in [1.807, 2.05) is 0 Å². The van der Waals surface area contributed by atoms with Gasteiger partial charge >= 0.3 is 5.97 Å². The predicted octanol–water partition coefficient (Wildman–Crippen LogP) is 0.418. The summed E-state index contributed by atoms with van der Waals surface area (Å²) in [6, 6.07) is -0.258. The van der Waals surface area contributed by atoms with E-state index in [0.717, 1.165) is 25.1 Å². The van der Waals surface area contributed by atoms with Crippen LogP contribution >= 0.6 is 0 Å². The van der Waals surface area contributed by atoms with Crippen LogP contribution in [-0.4, -0.2) is 42.5 Å². The second kappa shape index (κ2) is 4.77. The maximum absolute atomic E-state index is 11.6. The lowest BCUT2D eigenvalue weighted by Crippen LogP contribution is -2.39. The summed E-state index contributed by atoms with van der Waals surface area (Å²) in [5.74, 6) is -0.116. The molecule has 2 heterocycles. The molecule has 0 bridgehead atoms. The van der Waals surface area contributed by atoms with Crippen molar-refractivity contribution in [1.29, 1.82) is 0 Å². The van der Waals surface area contributed by atoms with Crippen LogP contribution in [0.1, 0.15) is 26.7 Å². The van der Waals surface area contributed by atoms with E-state index < -0.39 is 0 Å². The molecule has 5 heteroatoms.